The van der Waals surface area contributed by atoms with Gasteiger partial charge >= 0.3 is 5.97 Å². The summed E-state index contributed by atoms with van der Waals surface area (Å²) < 4.78 is 0. The summed E-state index contributed by atoms with van der Waals surface area (Å²) in [6, 6.07) is 2.82. The molecule has 1 heterocycles. The van der Waals surface area contributed by atoms with Crippen molar-refractivity contribution in [1.29, 1.82) is 0 Å². The monoisotopic (exact) mass is 539 g/mol. The van der Waals surface area contributed by atoms with Gasteiger partial charge in [-0.25, -0.2) is 4.79 Å². The Morgan fingerprint density at radius 1 is 1.08 bits per heavy atom. The van der Waals surface area contributed by atoms with E-state index in [2.05, 4.69) is 33.6 Å². The molecule has 2 aromatic rings. The number of nitrogens with two attached hydrogens (primary N) is 1. The normalized spacial score (nSPS) is 15.4. The lowest BCUT2D eigenvalue weighted by molar-refractivity contribution is -0.145. The molecule has 3 amide bonds. The van der Waals surface area contributed by atoms with E-state index >= 15 is 0 Å². The van der Waals surface area contributed by atoms with Crippen molar-refractivity contribution < 1.29 is 29.4 Å². The van der Waals surface area contributed by atoms with Crippen LogP contribution in [0.1, 0.15) is 18.9 Å². The van der Waals surface area contributed by atoms with Gasteiger partial charge in [0.2, 0.25) is 17.7 Å². The number of carboxylic acids is 1. The minimum absolute atomic E-state index is 0.114. The SMILES string of the molecule is CSCCC(N)C(=O)NC(Cc1c[nH]c2ccccc12)C(=O)NC(CS)C(=O)NC(C(=O)O)C(C)O. The van der Waals surface area contributed by atoms with E-state index in [0.717, 1.165) is 16.5 Å². The third kappa shape index (κ3) is 8.15. The van der Waals surface area contributed by atoms with Crippen LogP contribution in [0.3, 0.4) is 0 Å². The molecule has 8 N–H and O–H groups in total. The number of aliphatic hydroxyl groups excluding tert-OH is 1. The van der Waals surface area contributed by atoms with E-state index in [4.69, 9.17) is 5.73 Å². The summed E-state index contributed by atoms with van der Waals surface area (Å²) in [7, 11) is 0. The largest absolute Gasteiger partial charge is 0.480 e. The Bertz CT molecular complexity index is 1060. The number of carbonyl (C=O) groups excluding carboxylic acids is 3. The van der Waals surface area contributed by atoms with Gasteiger partial charge in [-0.05, 0) is 37.0 Å². The van der Waals surface area contributed by atoms with Gasteiger partial charge in [0.15, 0.2) is 6.04 Å². The fourth-order valence-corrected chi connectivity index (χ4v) is 4.24. The molecular weight excluding hydrogens is 506 g/mol. The zero-order chi connectivity index (χ0) is 26.8. The predicted octanol–water partition coefficient (Wildman–Crippen LogP) is -0.360. The number of aromatic nitrogens is 1. The number of carboxylic acid groups (broad SMARTS) is 1. The molecule has 0 radical (unpaired) electrons. The maximum Gasteiger partial charge on any atom is 0.328 e. The van der Waals surface area contributed by atoms with E-state index in [0.29, 0.717) is 12.2 Å². The van der Waals surface area contributed by atoms with E-state index in [9.17, 15) is 29.4 Å². The highest BCUT2D eigenvalue weighted by Gasteiger charge is 2.31. The number of benzene rings is 1. The number of hydrogen-bond acceptors (Lipinski definition) is 8. The van der Waals surface area contributed by atoms with Gasteiger partial charge in [0.1, 0.15) is 12.1 Å². The smallest absolute Gasteiger partial charge is 0.328 e. The molecule has 0 fully saturated rings. The number of aliphatic carboxylic acids is 1. The Labute approximate surface area is 218 Å². The molecule has 36 heavy (non-hydrogen) atoms. The number of rotatable bonds is 14. The lowest BCUT2D eigenvalue weighted by Crippen LogP contribution is -2.59. The molecule has 5 atom stereocenters. The second kappa shape index (κ2) is 14.1. The van der Waals surface area contributed by atoms with E-state index < -0.39 is 54.0 Å². The molecule has 0 aliphatic heterocycles. The van der Waals surface area contributed by atoms with Crippen molar-refractivity contribution in [3.05, 3.63) is 36.0 Å². The topological polar surface area (TPSA) is 187 Å². The maximum absolute atomic E-state index is 13.2. The van der Waals surface area contributed by atoms with Gasteiger partial charge in [-0.2, -0.15) is 24.4 Å². The number of carbonyl (C=O) groups is 4. The number of thiol groups is 1. The molecule has 11 nitrogen and oxygen atoms in total. The zero-order valence-corrected chi connectivity index (χ0v) is 21.8. The van der Waals surface area contributed by atoms with E-state index in [-0.39, 0.29) is 12.2 Å². The maximum atomic E-state index is 13.2. The van der Waals surface area contributed by atoms with Gasteiger partial charge in [-0.1, -0.05) is 18.2 Å². The quantitative estimate of drug-likeness (QED) is 0.150. The van der Waals surface area contributed by atoms with Crippen molar-refractivity contribution in [2.24, 2.45) is 5.73 Å². The van der Waals surface area contributed by atoms with E-state index in [1.54, 1.807) is 18.0 Å². The molecule has 2 rings (SSSR count). The molecule has 0 saturated carbocycles. The van der Waals surface area contributed by atoms with Crippen LogP contribution in [0.4, 0.5) is 0 Å². The van der Waals surface area contributed by atoms with Gasteiger partial charge in [-0.15, -0.1) is 0 Å². The molecule has 1 aromatic heterocycles. The number of fused-ring (bicyclic) bond motifs is 1. The molecule has 5 unspecified atom stereocenters. The van der Waals surface area contributed by atoms with Gasteiger partial charge in [0.05, 0.1) is 12.1 Å². The van der Waals surface area contributed by atoms with Crippen molar-refractivity contribution in [1.82, 2.24) is 20.9 Å². The highest BCUT2D eigenvalue weighted by Crippen LogP contribution is 2.19. The number of nitrogens with one attached hydrogen (secondary N) is 4. The number of H-pyrrole nitrogens is 1. The molecule has 198 valence electrons. The Morgan fingerprint density at radius 3 is 2.33 bits per heavy atom. The Balaban J connectivity index is 2.22. The standard InChI is InChI=1S/C23H33N5O6S2/c1-12(29)19(23(33)34)28-22(32)18(11-35)27-21(31)17(26-20(30)15(24)7-8-36-2)9-13-10-25-16-6-4-3-5-14(13)16/h3-6,10,12,15,17-19,25,29,35H,7-9,11,24H2,1-2H3,(H,26,30)(H,27,31)(H,28,32)(H,33,34). The van der Waals surface area contributed by atoms with Gasteiger partial charge in [0.25, 0.3) is 0 Å². The molecule has 0 spiro atoms. The van der Waals surface area contributed by atoms with Crippen molar-refractivity contribution in [2.75, 3.05) is 17.8 Å². The molecule has 0 aliphatic rings. The number of para-hydroxylation sites is 1. The van der Waals surface area contributed by atoms with Gasteiger partial charge < -0.3 is 36.9 Å². The molecule has 13 heteroatoms. The number of aromatic amines is 1. The van der Waals surface area contributed by atoms with Crippen LogP contribution in [0.5, 0.6) is 0 Å². The first-order chi connectivity index (χ1) is 17.1. The number of hydrogen-bond donors (Lipinski definition) is 8. The zero-order valence-electron chi connectivity index (χ0n) is 20.1. The molecule has 0 aliphatic carbocycles. The summed E-state index contributed by atoms with van der Waals surface area (Å²) in [5, 5.41) is 27.1. The van der Waals surface area contributed by atoms with Crippen LogP contribution in [0.15, 0.2) is 30.5 Å². The van der Waals surface area contributed by atoms with Crippen molar-refractivity contribution in [2.45, 2.75) is 50.0 Å². The second-order valence-electron chi connectivity index (χ2n) is 8.32. The first-order valence-corrected chi connectivity index (χ1v) is 13.3. The molecule has 0 saturated heterocycles. The fraction of sp³-hybridized carbons (Fsp3) is 0.478. The summed E-state index contributed by atoms with van der Waals surface area (Å²) >= 11 is 5.65. The minimum Gasteiger partial charge on any atom is -0.480 e. The summed E-state index contributed by atoms with van der Waals surface area (Å²) in [5.41, 5.74) is 7.62. The van der Waals surface area contributed by atoms with Crippen molar-refractivity contribution >= 4 is 59.0 Å². The summed E-state index contributed by atoms with van der Waals surface area (Å²) in [4.78, 5) is 53.0. The second-order valence-corrected chi connectivity index (χ2v) is 9.67. The fourth-order valence-electron chi connectivity index (χ4n) is 3.49. The van der Waals surface area contributed by atoms with E-state index in [1.807, 2.05) is 30.5 Å². The van der Waals surface area contributed by atoms with Crippen LogP contribution >= 0.6 is 24.4 Å². The third-order valence-corrected chi connectivity index (χ3v) is 6.57. The average Bonchev–Trinajstić information content (AvgIpc) is 3.25. The molecule has 1 aromatic carbocycles. The van der Waals surface area contributed by atoms with Gasteiger partial charge in [0, 0.05) is 29.3 Å². The van der Waals surface area contributed by atoms with Gasteiger partial charge in [-0.3, -0.25) is 14.4 Å². The highest BCUT2D eigenvalue weighted by atomic mass is 32.2. The summed E-state index contributed by atoms with van der Waals surface area (Å²) in [5.74, 6) is -2.90. The number of thioether (sulfide) groups is 1. The highest BCUT2D eigenvalue weighted by molar-refractivity contribution is 7.98. The first kappa shape index (κ1) is 29.5. The Morgan fingerprint density at radius 2 is 1.72 bits per heavy atom. The number of amides is 3. The van der Waals surface area contributed by atoms with Crippen molar-refractivity contribution in [3.8, 4) is 0 Å². The minimum atomic E-state index is -1.56. The number of aliphatic hydroxyl groups is 1. The lowest BCUT2D eigenvalue weighted by Gasteiger charge is -2.25. The van der Waals surface area contributed by atoms with Crippen LogP contribution in [0, 0.1) is 0 Å². The summed E-state index contributed by atoms with van der Waals surface area (Å²) in [6.07, 6.45) is 2.81. The average molecular weight is 540 g/mol. The Kier molecular flexibility index (Phi) is 11.6. The summed E-state index contributed by atoms with van der Waals surface area (Å²) in [6.45, 7) is 1.22. The van der Waals surface area contributed by atoms with Crippen LogP contribution in [-0.4, -0.2) is 86.9 Å². The third-order valence-electron chi connectivity index (χ3n) is 5.56. The van der Waals surface area contributed by atoms with Crippen LogP contribution in [-0.2, 0) is 25.6 Å². The van der Waals surface area contributed by atoms with E-state index in [1.165, 1.54) is 6.92 Å². The predicted molar refractivity (Wildman–Crippen MR) is 142 cm³/mol. The first-order valence-electron chi connectivity index (χ1n) is 11.3. The lowest BCUT2D eigenvalue weighted by atomic mass is 10.0. The van der Waals surface area contributed by atoms with Crippen LogP contribution in [0.25, 0.3) is 10.9 Å². The van der Waals surface area contributed by atoms with Crippen LogP contribution < -0.4 is 21.7 Å². The Hall–Kier alpha value is -2.74. The molecular formula is C23H33N5O6S2. The van der Waals surface area contributed by atoms with Crippen LogP contribution in [0.2, 0.25) is 0 Å². The van der Waals surface area contributed by atoms with Crippen molar-refractivity contribution in [3.63, 3.8) is 0 Å². The molecule has 0 bridgehead atoms.